The summed E-state index contributed by atoms with van der Waals surface area (Å²) >= 11 is 5.01. The third-order valence-corrected chi connectivity index (χ3v) is 4.93. The van der Waals surface area contributed by atoms with E-state index in [9.17, 15) is 10.1 Å². The zero-order chi connectivity index (χ0) is 12.4. The molecule has 0 saturated heterocycles. The van der Waals surface area contributed by atoms with Gasteiger partial charge in [0.2, 0.25) is 5.82 Å². The standard InChI is InChI=1S/C9H7N3O2S3/c1-11-7(10-5-8(11)12(13)14)3-2-6-4-9(15)17-16-6/h2-5H,1H3/b3-2+. The van der Waals surface area contributed by atoms with Crippen molar-refractivity contribution in [2.24, 2.45) is 7.05 Å². The largest absolute Gasteiger partial charge is 0.358 e. The predicted octanol–water partition coefficient (Wildman–Crippen LogP) is 3.35. The molecule has 0 bridgehead atoms. The van der Waals surface area contributed by atoms with Crippen LogP contribution in [0.4, 0.5) is 5.82 Å². The van der Waals surface area contributed by atoms with E-state index in [2.05, 4.69) is 4.98 Å². The Bertz CT molecular complexity index is 638. The number of aromatic nitrogens is 2. The maximum absolute atomic E-state index is 10.6. The molecule has 2 aromatic rings. The molecule has 2 rings (SSSR count). The van der Waals surface area contributed by atoms with Gasteiger partial charge in [0, 0.05) is 11.0 Å². The van der Waals surface area contributed by atoms with E-state index in [0.717, 1.165) is 8.70 Å². The van der Waals surface area contributed by atoms with Gasteiger partial charge >= 0.3 is 5.82 Å². The van der Waals surface area contributed by atoms with Crippen molar-refractivity contribution in [3.8, 4) is 0 Å². The molecule has 0 aliphatic heterocycles. The van der Waals surface area contributed by atoms with Crippen LogP contribution in [0.15, 0.2) is 12.3 Å². The van der Waals surface area contributed by atoms with E-state index < -0.39 is 4.92 Å². The topological polar surface area (TPSA) is 61.0 Å². The molecule has 0 N–H and O–H groups in total. The first-order valence-electron chi connectivity index (χ1n) is 4.52. The fraction of sp³-hybridized carbons (Fsp3) is 0.111. The smallest absolute Gasteiger partial charge is 0.342 e. The maximum Gasteiger partial charge on any atom is 0.342 e. The van der Waals surface area contributed by atoms with Gasteiger partial charge in [-0.25, -0.2) is 9.55 Å². The lowest BCUT2D eigenvalue weighted by molar-refractivity contribution is -0.391. The lowest BCUT2D eigenvalue weighted by atomic mass is 10.4. The molecule has 0 radical (unpaired) electrons. The summed E-state index contributed by atoms with van der Waals surface area (Å²) < 4.78 is 2.27. The fourth-order valence-electron chi connectivity index (χ4n) is 1.22. The summed E-state index contributed by atoms with van der Waals surface area (Å²) in [4.78, 5) is 15.2. The van der Waals surface area contributed by atoms with Crippen LogP contribution in [-0.2, 0) is 7.05 Å². The second kappa shape index (κ2) is 4.86. The van der Waals surface area contributed by atoms with Crippen LogP contribution in [0.25, 0.3) is 12.2 Å². The van der Waals surface area contributed by atoms with Crippen molar-refractivity contribution in [1.82, 2.24) is 9.55 Å². The number of rotatable bonds is 3. The number of imidazole rings is 1. The molecule has 2 aromatic heterocycles. The average molecular weight is 285 g/mol. The number of hydrogen-bond donors (Lipinski definition) is 0. The summed E-state index contributed by atoms with van der Waals surface area (Å²) in [6.45, 7) is 0. The van der Waals surface area contributed by atoms with E-state index >= 15 is 0 Å². The Hall–Kier alpha value is -1.38. The minimum atomic E-state index is -0.459. The quantitative estimate of drug-likeness (QED) is 0.375. The highest BCUT2D eigenvalue weighted by molar-refractivity contribution is 7.79. The van der Waals surface area contributed by atoms with Crippen LogP contribution in [0, 0.1) is 13.9 Å². The minimum Gasteiger partial charge on any atom is -0.358 e. The third-order valence-electron chi connectivity index (χ3n) is 2.06. The first kappa shape index (κ1) is 12.1. The van der Waals surface area contributed by atoms with E-state index in [1.165, 1.54) is 21.1 Å². The zero-order valence-corrected chi connectivity index (χ0v) is 11.1. The van der Waals surface area contributed by atoms with Gasteiger partial charge in [0.1, 0.15) is 10.0 Å². The summed E-state index contributed by atoms with van der Waals surface area (Å²) in [6, 6.07) is 1.89. The van der Waals surface area contributed by atoms with Gasteiger partial charge in [-0.2, -0.15) is 0 Å². The molecule has 0 saturated carbocycles. The lowest BCUT2D eigenvalue weighted by Crippen LogP contribution is -1.98. The SMILES string of the molecule is Cn1c([N+](=O)[O-])cnc1/C=C/c1cc(=S)ss1. The highest BCUT2D eigenvalue weighted by Gasteiger charge is 2.13. The normalized spacial score (nSPS) is 11.1. The van der Waals surface area contributed by atoms with E-state index in [0.29, 0.717) is 5.82 Å². The van der Waals surface area contributed by atoms with E-state index in [-0.39, 0.29) is 5.82 Å². The molecule has 0 fully saturated rings. The summed E-state index contributed by atoms with van der Waals surface area (Å²) in [6.07, 6.45) is 4.83. The Kier molecular flexibility index (Phi) is 3.46. The fourth-order valence-corrected chi connectivity index (χ4v) is 3.44. The van der Waals surface area contributed by atoms with Gasteiger partial charge in [-0.15, -0.1) is 0 Å². The van der Waals surface area contributed by atoms with Crippen molar-refractivity contribution in [2.75, 3.05) is 0 Å². The van der Waals surface area contributed by atoms with Crippen molar-refractivity contribution < 1.29 is 4.92 Å². The van der Waals surface area contributed by atoms with E-state index in [1.807, 2.05) is 12.1 Å². The molecular formula is C9H7N3O2S3. The van der Waals surface area contributed by atoms with Crippen LogP contribution in [0.1, 0.15) is 10.7 Å². The molecule has 17 heavy (non-hydrogen) atoms. The first-order valence-corrected chi connectivity index (χ1v) is 7.08. The monoisotopic (exact) mass is 285 g/mol. The number of hydrogen-bond acceptors (Lipinski definition) is 6. The van der Waals surface area contributed by atoms with Gasteiger partial charge < -0.3 is 10.1 Å². The molecule has 0 aliphatic rings. The van der Waals surface area contributed by atoms with E-state index in [4.69, 9.17) is 12.2 Å². The minimum absolute atomic E-state index is 0.0254. The molecule has 0 unspecified atom stereocenters. The van der Waals surface area contributed by atoms with Crippen LogP contribution in [0.3, 0.4) is 0 Å². The summed E-state index contributed by atoms with van der Waals surface area (Å²) in [7, 11) is 4.70. The molecule has 0 spiro atoms. The Morgan fingerprint density at radius 1 is 1.53 bits per heavy atom. The first-order chi connectivity index (χ1) is 8.08. The van der Waals surface area contributed by atoms with Gasteiger partial charge in [-0.05, 0) is 17.1 Å². The van der Waals surface area contributed by atoms with Gasteiger partial charge in [-0.3, -0.25) is 0 Å². The van der Waals surface area contributed by atoms with Crippen molar-refractivity contribution in [1.29, 1.82) is 0 Å². The molecule has 0 atom stereocenters. The van der Waals surface area contributed by atoms with Gasteiger partial charge in [-0.1, -0.05) is 32.9 Å². The lowest BCUT2D eigenvalue weighted by Gasteiger charge is -1.93. The molecule has 0 aromatic carbocycles. The van der Waals surface area contributed by atoms with Gasteiger partial charge in [0.05, 0.1) is 7.05 Å². The Morgan fingerprint density at radius 2 is 2.29 bits per heavy atom. The summed E-state index contributed by atoms with van der Waals surface area (Å²) in [5.41, 5.74) is 0. The number of nitrogens with zero attached hydrogens (tertiary/aromatic N) is 3. The summed E-state index contributed by atoms with van der Waals surface area (Å²) in [5, 5.41) is 10.6. The van der Waals surface area contributed by atoms with Crippen LogP contribution in [0.2, 0.25) is 0 Å². The van der Waals surface area contributed by atoms with Crippen molar-refractivity contribution in [2.45, 2.75) is 0 Å². The van der Waals surface area contributed by atoms with Crippen LogP contribution in [-0.4, -0.2) is 14.5 Å². The molecular weight excluding hydrogens is 278 g/mol. The second-order valence-electron chi connectivity index (χ2n) is 3.16. The van der Waals surface area contributed by atoms with Crippen molar-refractivity contribution in [3.63, 3.8) is 0 Å². The Morgan fingerprint density at radius 3 is 2.82 bits per heavy atom. The van der Waals surface area contributed by atoms with Crippen LogP contribution < -0.4 is 0 Å². The van der Waals surface area contributed by atoms with Crippen LogP contribution >= 0.6 is 32.9 Å². The van der Waals surface area contributed by atoms with Gasteiger partial charge in [0.15, 0.2) is 0 Å². The Labute approximate surface area is 109 Å². The number of nitro groups is 1. The second-order valence-corrected chi connectivity index (χ2v) is 6.10. The van der Waals surface area contributed by atoms with Crippen molar-refractivity contribution in [3.05, 3.63) is 36.9 Å². The average Bonchev–Trinajstić information content (AvgIpc) is 2.82. The molecule has 0 amide bonds. The predicted molar refractivity (Wildman–Crippen MR) is 71.8 cm³/mol. The Balaban J connectivity index is 2.27. The molecule has 2 heterocycles. The molecule has 5 nitrogen and oxygen atoms in total. The maximum atomic E-state index is 10.6. The molecule has 88 valence electrons. The van der Waals surface area contributed by atoms with Crippen LogP contribution in [0.5, 0.6) is 0 Å². The van der Waals surface area contributed by atoms with E-state index in [1.54, 1.807) is 23.5 Å². The third kappa shape index (κ3) is 2.65. The zero-order valence-electron chi connectivity index (χ0n) is 8.69. The highest BCUT2D eigenvalue weighted by Crippen LogP contribution is 2.21. The summed E-state index contributed by atoms with van der Waals surface area (Å²) in [5.74, 6) is 0.517. The molecule has 8 heteroatoms. The molecule has 0 aliphatic carbocycles. The highest BCUT2D eigenvalue weighted by atomic mass is 32.9. The van der Waals surface area contributed by atoms with Gasteiger partial charge in [0.25, 0.3) is 0 Å². The van der Waals surface area contributed by atoms with Crippen molar-refractivity contribution >= 4 is 50.9 Å².